The van der Waals surface area contributed by atoms with E-state index in [1.54, 1.807) is 0 Å². The van der Waals surface area contributed by atoms with Crippen molar-refractivity contribution in [2.75, 3.05) is 6.54 Å². The first-order valence-corrected chi connectivity index (χ1v) is 6.87. The molecule has 0 radical (unpaired) electrons. The molecule has 1 aliphatic rings. The Balaban J connectivity index is 2.24. The van der Waals surface area contributed by atoms with Gasteiger partial charge in [0.05, 0.1) is 0 Å². The summed E-state index contributed by atoms with van der Waals surface area (Å²) in [6, 6.07) is 0. The molecule has 0 saturated heterocycles. The molecule has 2 rings (SSSR count). The lowest BCUT2D eigenvalue weighted by Gasteiger charge is -2.30. The van der Waals surface area contributed by atoms with Crippen LogP contribution in [0.3, 0.4) is 0 Å². The zero-order valence-corrected chi connectivity index (χ0v) is 11.0. The second kappa shape index (κ2) is 5.63. The minimum absolute atomic E-state index is 0.529. The van der Waals surface area contributed by atoms with Crippen molar-refractivity contribution in [3.8, 4) is 0 Å². The summed E-state index contributed by atoms with van der Waals surface area (Å²) in [6.07, 6.45) is 6.23. The van der Waals surface area contributed by atoms with Gasteiger partial charge in [-0.2, -0.15) is 0 Å². The van der Waals surface area contributed by atoms with Crippen molar-refractivity contribution in [3.63, 3.8) is 0 Å². The average Bonchev–Trinajstić information content (AvgIpc) is 2.72. The smallest absolute Gasteiger partial charge is 0.136 e. The van der Waals surface area contributed by atoms with Gasteiger partial charge in [0.2, 0.25) is 0 Å². The first-order chi connectivity index (χ1) is 8.27. The fraction of sp³-hybridized carbons (Fsp3) is 0.846. The third kappa shape index (κ3) is 2.51. The molecule has 17 heavy (non-hydrogen) atoms. The van der Waals surface area contributed by atoms with Gasteiger partial charge in [-0.05, 0) is 38.6 Å². The van der Waals surface area contributed by atoms with Crippen LogP contribution in [0.15, 0.2) is 0 Å². The van der Waals surface area contributed by atoms with Gasteiger partial charge in [0.25, 0.3) is 0 Å². The molecule has 1 aliphatic carbocycles. The van der Waals surface area contributed by atoms with Crippen molar-refractivity contribution >= 4 is 0 Å². The molecule has 1 heterocycles. The van der Waals surface area contributed by atoms with Crippen LogP contribution in [-0.2, 0) is 6.54 Å². The Labute approximate surface area is 104 Å². The predicted molar refractivity (Wildman–Crippen MR) is 68.8 cm³/mol. The van der Waals surface area contributed by atoms with Crippen molar-refractivity contribution in [2.45, 2.75) is 58.4 Å². The molecule has 0 aliphatic heterocycles. The topological polar surface area (TPSA) is 56.7 Å². The van der Waals surface area contributed by atoms with E-state index in [9.17, 15) is 0 Å². The molecule has 0 aromatic carbocycles. The van der Waals surface area contributed by atoms with Gasteiger partial charge in [-0.1, -0.05) is 19.8 Å². The molecule has 0 amide bonds. The number of nitrogens with zero attached hydrogens (tertiary/aromatic N) is 3. The zero-order chi connectivity index (χ0) is 12.3. The number of aromatic nitrogens is 3. The van der Waals surface area contributed by atoms with Crippen molar-refractivity contribution in [3.05, 3.63) is 11.6 Å². The average molecular weight is 236 g/mol. The lowest BCUT2D eigenvalue weighted by Crippen LogP contribution is -2.27. The van der Waals surface area contributed by atoms with Gasteiger partial charge < -0.3 is 10.3 Å². The maximum atomic E-state index is 5.90. The number of nitrogens with two attached hydrogens (primary N) is 1. The largest absolute Gasteiger partial charge is 0.330 e. The number of rotatable bonds is 4. The van der Waals surface area contributed by atoms with E-state index in [4.69, 9.17) is 5.73 Å². The van der Waals surface area contributed by atoms with Crippen LogP contribution in [-0.4, -0.2) is 21.3 Å². The Kier molecular flexibility index (Phi) is 4.15. The van der Waals surface area contributed by atoms with E-state index in [1.807, 2.05) is 6.92 Å². The van der Waals surface area contributed by atoms with Gasteiger partial charge in [-0.25, -0.2) is 0 Å². The third-order valence-corrected chi connectivity index (χ3v) is 3.96. The van der Waals surface area contributed by atoms with E-state index in [0.717, 1.165) is 25.3 Å². The Morgan fingerprint density at radius 2 is 2.06 bits per heavy atom. The van der Waals surface area contributed by atoms with Crippen molar-refractivity contribution in [1.82, 2.24) is 14.8 Å². The van der Waals surface area contributed by atoms with Crippen molar-refractivity contribution in [1.29, 1.82) is 0 Å². The molecule has 1 fully saturated rings. The molecule has 4 nitrogen and oxygen atoms in total. The van der Waals surface area contributed by atoms with Gasteiger partial charge in [0.15, 0.2) is 0 Å². The SMILES string of the molecule is CCCn1c(C)nnc1C1CCCCC1CN. The second-order valence-electron chi connectivity index (χ2n) is 5.14. The van der Waals surface area contributed by atoms with E-state index in [2.05, 4.69) is 21.7 Å². The van der Waals surface area contributed by atoms with E-state index in [-0.39, 0.29) is 0 Å². The molecule has 1 saturated carbocycles. The van der Waals surface area contributed by atoms with Gasteiger partial charge in [0, 0.05) is 12.5 Å². The Hall–Kier alpha value is -0.900. The maximum absolute atomic E-state index is 5.90. The summed E-state index contributed by atoms with van der Waals surface area (Å²) in [4.78, 5) is 0. The van der Waals surface area contributed by atoms with Gasteiger partial charge in [-0.3, -0.25) is 0 Å². The fourth-order valence-electron chi connectivity index (χ4n) is 3.00. The molecule has 1 aromatic heterocycles. The van der Waals surface area contributed by atoms with E-state index in [1.165, 1.54) is 31.5 Å². The van der Waals surface area contributed by atoms with Gasteiger partial charge in [-0.15, -0.1) is 10.2 Å². The molecule has 4 heteroatoms. The Bertz CT molecular complexity index is 358. The van der Waals surface area contributed by atoms with Gasteiger partial charge in [0.1, 0.15) is 11.6 Å². The summed E-state index contributed by atoms with van der Waals surface area (Å²) in [5.41, 5.74) is 5.90. The molecular weight excluding hydrogens is 212 g/mol. The Morgan fingerprint density at radius 3 is 2.76 bits per heavy atom. The summed E-state index contributed by atoms with van der Waals surface area (Å²) in [6.45, 7) is 6.06. The lowest BCUT2D eigenvalue weighted by molar-refractivity contribution is 0.296. The maximum Gasteiger partial charge on any atom is 0.136 e. The standard InChI is InChI=1S/C13H24N4/c1-3-8-17-10(2)15-16-13(17)12-7-5-4-6-11(12)9-14/h11-12H,3-9,14H2,1-2H3. The minimum atomic E-state index is 0.529. The van der Waals surface area contributed by atoms with Crippen LogP contribution in [0.5, 0.6) is 0 Å². The number of hydrogen-bond donors (Lipinski definition) is 1. The molecule has 2 atom stereocenters. The monoisotopic (exact) mass is 236 g/mol. The first-order valence-electron chi connectivity index (χ1n) is 6.87. The highest BCUT2D eigenvalue weighted by Gasteiger charge is 2.29. The summed E-state index contributed by atoms with van der Waals surface area (Å²) in [5.74, 6) is 3.35. The van der Waals surface area contributed by atoms with Crippen molar-refractivity contribution < 1.29 is 0 Å². The molecule has 0 spiro atoms. The summed E-state index contributed by atoms with van der Waals surface area (Å²) < 4.78 is 2.29. The van der Waals surface area contributed by atoms with Crippen LogP contribution in [0, 0.1) is 12.8 Å². The summed E-state index contributed by atoms with van der Waals surface area (Å²) in [7, 11) is 0. The fourth-order valence-corrected chi connectivity index (χ4v) is 3.00. The van der Waals surface area contributed by atoms with Crippen molar-refractivity contribution in [2.24, 2.45) is 11.7 Å². The Morgan fingerprint density at radius 1 is 1.29 bits per heavy atom. The van der Waals surface area contributed by atoms with Gasteiger partial charge >= 0.3 is 0 Å². The number of hydrogen-bond acceptors (Lipinski definition) is 3. The highest BCUT2D eigenvalue weighted by molar-refractivity contribution is 5.05. The lowest BCUT2D eigenvalue weighted by atomic mass is 9.78. The van der Waals surface area contributed by atoms with Crippen LogP contribution < -0.4 is 5.73 Å². The zero-order valence-electron chi connectivity index (χ0n) is 11.0. The number of aryl methyl sites for hydroxylation is 1. The molecular formula is C13H24N4. The molecule has 96 valence electrons. The summed E-state index contributed by atoms with van der Waals surface area (Å²) >= 11 is 0. The molecule has 2 N–H and O–H groups in total. The highest BCUT2D eigenvalue weighted by atomic mass is 15.3. The first kappa shape index (κ1) is 12.6. The van der Waals surface area contributed by atoms with Crippen LogP contribution in [0.4, 0.5) is 0 Å². The second-order valence-corrected chi connectivity index (χ2v) is 5.14. The molecule has 2 unspecified atom stereocenters. The predicted octanol–water partition coefficient (Wildman–Crippen LogP) is 2.23. The van der Waals surface area contributed by atoms with E-state index < -0.39 is 0 Å². The van der Waals surface area contributed by atoms with E-state index >= 15 is 0 Å². The van der Waals surface area contributed by atoms with Crippen LogP contribution in [0.25, 0.3) is 0 Å². The molecule has 0 bridgehead atoms. The minimum Gasteiger partial charge on any atom is -0.330 e. The van der Waals surface area contributed by atoms with E-state index in [0.29, 0.717) is 11.8 Å². The third-order valence-electron chi connectivity index (χ3n) is 3.96. The van der Waals surface area contributed by atoms with Crippen LogP contribution in [0.2, 0.25) is 0 Å². The van der Waals surface area contributed by atoms with Crippen LogP contribution in [0.1, 0.15) is 56.6 Å². The van der Waals surface area contributed by atoms with Crippen LogP contribution >= 0.6 is 0 Å². The quantitative estimate of drug-likeness (QED) is 0.872. The summed E-state index contributed by atoms with van der Waals surface area (Å²) in [5, 5.41) is 8.66. The highest BCUT2D eigenvalue weighted by Crippen LogP contribution is 2.36. The molecule has 1 aromatic rings. The normalized spacial score (nSPS) is 25.1.